The quantitative estimate of drug-likeness (QED) is 0.829. The van der Waals surface area contributed by atoms with E-state index in [1.807, 2.05) is 19.3 Å². The van der Waals surface area contributed by atoms with Crippen molar-refractivity contribution in [2.75, 3.05) is 20.8 Å². The van der Waals surface area contributed by atoms with Crippen molar-refractivity contribution in [1.29, 1.82) is 0 Å². The Morgan fingerprint density at radius 3 is 2.71 bits per heavy atom. The van der Waals surface area contributed by atoms with Crippen LogP contribution in [-0.2, 0) is 7.05 Å². The minimum Gasteiger partial charge on any atom is -0.480 e. The molecule has 7 heteroatoms. The van der Waals surface area contributed by atoms with Crippen molar-refractivity contribution >= 4 is 0 Å². The van der Waals surface area contributed by atoms with Crippen LogP contribution in [0.15, 0.2) is 18.5 Å². The van der Waals surface area contributed by atoms with E-state index in [0.29, 0.717) is 17.5 Å². The summed E-state index contributed by atoms with van der Waals surface area (Å²) in [6, 6.07) is 1.79. The maximum Gasteiger partial charge on any atom is 0.240 e. The first-order valence-corrected chi connectivity index (χ1v) is 6.87. The van der Waals surface area contributed by atoms with Gasteiger partial charge in [0.25, 0.3) is 0 Å². The summed E-state index contributed by atoms with van der Waals surface area (Å²) < 4.78 is 12.2. The number of hydrogen-bond donors (Lipinski definition) is 1. The Morgan fingerprint density at radius 2 is 2.14 bits per heavy atom. The molecule has 1 N–H and O–H groups in total. The number of nitrogens with one attached hydrogen (secondary N) is 1. The Labute approximate surface area is 124 Å². The number of nitrogens with zero attached hydrogens (tertiary/aromatic N) is 4. The fourth-order valence-corrected chi connectivity index (χ4v) is 2.03. The number of rotatable bonds is 7. The lowest BCUT2D eigenvalue weighted by molar-refractivity contribution is 0.352. The predicted molar refractivity (Wildman–Crippen MR) is 78.5 cm³/mol. The molecule has 0 aliphatic carbocycles. The Balaban J connectivity index is 2.40. The molecule has 1 atom stereocenters. The second-order valence-corrected chi connectivity index (χ2v) is 4.61. The molecule has 2 aromatic rings. The van der Waals surface area contributed by atoms with E-state index in [1.165, 1.54) is 0 Å². The average molecular weight is 291 g/mol. The zero-order valence-corrected chi connectivity index (χ0v) is 12.8. The molecule has 7 nitrogen and oxygen atoms in total. The third-order valence-corrected chi connectivity index (χ3v) is 3.05. The van der Waals surface area contributed by atoms with Gasteiger partial charge in [0, 0.05) is 13.2 Å². The molecular weight excluding hydrogens is 270 g/mol. The molecule has 0 aromatic carbocycles. The van der Waals surface area contributed by atoms with Gasteiger partial charge in [-0.15, -0.1) is 0 Å². The molecule has 0 radical (unpaired) electrons. The highest BCUT2D eigenvalue weighted by Crippen LogP contribution is 2.27. The highest BCUT2D eigenvalue weighted by atomic mass is 16.5. The van der Waals surface area contributed by atoms with Crippen LogP contribution < -0.4 is 14.8 Å². The van der Waals surface area contributed by atoms with E-state index >= 15 is 0 Å². The maximum absolute atomic E-state index is 5.35. The number of methoxy groups -OCH3 is 2. The summed E-state index contributed by atoms with van der Waals surface area (Å²) in [6.07, 6.45) is 4.50. The molecule has 21 heavy (non-hydrogen) atoms. The van der Waals surface area contributed by atoms with Crippen molar-refractivity contribution in [3.63, 3.8) is 0 Å². The second kappa shape index (κ2) is 7.03. The van der Waals surface area contributed by atoms with Gasteiger partial charge in [0.2, 0.25) is 11.8 Å². The van der Waals surface area contributed by atoms with Crippen LogP contribution in [0.25, 0.3) is 0 Å². The van der Waals surface area contributed by atoms with Crippen molar-refractivity contribution < 1.29 is 9.47 Å². The SMILES string of the molecule is CCCNC(c1ccn(C)n1)c1ncc(OC)nc1OC. The Morgan fingerprint density at radius 1 is 1.33 bits per heavy atom. The molecule has 0 fully saturated rings. The van der Waals surface area contributed by atoms with Crippen molar-refractivity contribution in [3.05, 3.63) is 29.8 Å². The summed E-state index contributed by atoms with van der Waals surface area (Å²) in [6.45, 7) is 2.96. The van der Waals surface area contributed by atoms with E-state index in [-0.39, 0.29) is 6.04 Å². The van der Waals surface area contributed by atoms with Gasteiger partial charge in [-0.1, -0.05) is 6.92 Å². The number of hydrogen-bond acceptors (Lipinski definition) is 6. The van der Waals surface area contributed by atoms with Crippen LogP contribution in [-0.4, -0.2) is 40.5 Å². The van der Waals surface area contributed by atoms with Crippen LogP contribution >= 0.6 is 0 Å². The topological polar surface area (TPSA) is 74.1 Å². The Hall–Kier alpha value is -2.15. The molecule has 0 spiro atoms. The molecule has 0 bridgehead atoms. The van der Waals surface area contributed by atoms with Gasteiger partial charge >= 0.3 is 0 Å². The Kier molecular flexibility index (Phi) is 5.10. The third-order valence-electron chi connectivity index (χ3n) is 3.05. The lowest BCUT2D eigenvalue weighted by Crippen LogP contribution is -2.25. The summed E-state index contributed by atoms with van der Waals surface area (Å²) >= 11 is 0. The van der Waals surface area contributed by atoms with E-state index in [4.69, 9.17) is 9.47 Å². The van der Waals surface area contributed by atoms with Crippen LogP contribution in [0, 0.1) is 0 Å². The van der Waals surface area contributed by atoms with Crippen molar-refractivity contribution in [2.24, 2.45) is 7.05 Å². The fraction of sp³-hybridized carbons (Fsp3) is 0.500. The molecule has 114 valence electrons. The largest absolute Gasteiger partial charge is 0.480 e. The molecule has 1 unspecified atom stereocenters. The summed E-state index contributed by atoms with van der Waals surface area (Å²) in [5.41, 5.74) is 1.58. The van der Waals surface area contributed by atoms with Crippen molar-refractivity contribution in [3.8, 4) is 11.8 Å². The van der Waals surface area contributed by atoms with Gasteiger partial charge in [0.1, 0.15) is 5.69 Å². The zero-order chi connectivity index (χ0) is 15.2. The highest BCUT2D eigenvalue weighted by molar-refractivity contribution is 5.31. The van der Waals surface area contributed by atoms with Crippen LogP contribution in [0.5, 0.6) is 11.8 Å². The standard InChI is InChI=1S/C14H21N5O2/c1-5-7-15-12(10-6-8-19(2)18-10)13-14(21-4)17-11(20-3)9-16-13/h6,8-9,12,15H,5,7H2,1-4H3. The molecule has 0 saturated heterocycles. The highest BCUT2D eigenvalue weighted by Gasteiger charge is 2.23. The van der Waals surface area contributed by atoms with Crippen LogP contribution in [0.2, 0.25) is 0 Å². The molecule has 0 aliphatic heterocycles. The molecule has 2 rings (SSSR count). The minimum absolute atomic E-state index is 0.167. The van der Waals surface area contributed by atoms with Gasteiger partial charge in [-0.25, -0.2) is 4.98 Å². The molecule has 2 aromatic heterocycles. The first kappa shape index (κ1) is 15.2. The smallest absolute Gasteiger partial charge is 0.240 e. The van der Waals surface area contributed by atoms with Crippen molar-refractivity contribution in [1.82, 2.24) is 25.1 Å². The first-order chi connectivity index (χ1) is 10.2. The first-order valence-electron chi connectivity index (χ1n) is 6.87. The second-order valence-electron chi connectivity index (χ2n) is 4.61. The van der Waals surface area contributed by atoms with Gasteiger partial charge in [-0.3, -0.25) is 4.68 Å². The van der Waals surface area contributed by atoms with Crippen LogP contribution in [0.1, 0.15) is 30.8 Å². The summed E-state index contributed by atoms with van der Waals surface area (Å²) in [5, 5.41) is 7.89. The van der Waals surface area contributed by atoms with Crippen LogP contribution in [0.4, 0.5) is 0 Å². The van der Waals surface area contributed by atoms with E-state index in [9.17, 15) is 0 Å². The normalized spacial score (nSPS) is 12.2. The summed E-state index contributed by atoms with van der Waals surface area (Å²) in [7, 11) is 5.01. The van der Waals surface area contributed by atoms with Crippen LogP contribution in [0.3, 0.4) is 0 Å². The number of ether oxygens (including phenoxy) is 2. The zero-order valence-electron chi connectivity index (χ0n) is 12.8. The lowest BCUT2D eigenvalue weighted by atomic mass is 10.1. The molecule has 0 aliphatic rings. The molecular formula is C14H21N5O2. The maximum atomic E-state index is 5.35. The van der Waals surface area contributed by atoms with E-state index < -0.39 is 0 Å². The fourth-order valence-electron chi connectivity index (χ4n) is 2.03. The van der Waals surface area contributed by atoms with E-state index in [0.717, 1.165) is 18.7 Å². The summed E-state index contributed by atoms with van der Waals surface area (Å²) in [4.78, 5) is 8.72. The van der Waals surface area contributed by atoms with E-state index in [1.54, 1.807) is 25.1 Å². The average Bonchev–Trinajstić information content (AvgIpc) is 2.94. The van der Waals surface area contributed by atoms with Gasteiger partial charge in [0.15, 0.2) is 0 Å². The molecule has 0 saturated carbocycles. The van der Waals surface area contributed by atoms with Gasteiger partial charge in [-0.2, -0.15) is 10.1 Å². The minimum atomic E-state index is -0.167. The van der Waals surface area contributed by atoms with Gasteiger partial charge in [0.05, 0.1) is 32.2 Å². The van der Waals surface area contributed by atoms with Gasteiger partial charge < -0.3 is 14.8 Å². The molecule has 0 amide bonds. The monoisotopic (exact) mass is 291 g/mol. The number of aromatic nitrogens is 4. The lowest BCUT2D eigenvalue weighted by Gasteiger charge is -2.18. The van der Waals surface area contributed by atoms with Gasteiger partial charge in [-0.05, 0) is 19.0 Å². The summed E-state index contributed by atoms with van der Waals surface area (Å²) in [5.74, 6) is 0.861. The predicted octanol–water partition coefficient (Wildman–Crippen LogP) is 1.32. The number of aryl methyl sites for hydroxylation is 1. The third kappa shape index (κ3) is 3.49. The molecule has 2 heterocycles. The van der Waals surface area contributed by atoms with Crippen molar-refractivity contribution in [2.45, 2.75) is 19.4 Å². The Bertz CT molecular complexity index is 584. The van der Waals surface area contributed by atoms with E-state index in [2.05, 4.69) is 27.3 Å².